The molecule has 1 aliphatic rings. The molecule has 4 rings (SSSR count). The molecule has 0 aliphatic carbocycles. The van der Waals surface area contributed by atoms with E-state index in [2.05, 4.69) is 10.9 Å². The molecule has 9 heteroatoms. The number of rotatable bonds is 4. The van der Waals surface area contributed by atoms with Crippen molar-refractivity contribution in [3.63, 3.8) is 0 Å². The fourth-order valence-electron chi connectivity index (χ4n) is 3.67. The van der Waals surface area contributed by atoms with Crippen LogP contribution < -0.4 is 4.80 Å². The highest BCUT2D eigenvalue weighted by atomic mass is 32.2. The summed E-state index contributed by atoms with van der Waals surface area (Å²) in [6.45, 7) is 0.630. The largest absolute Gasteiger partial charge is 0.305 e. The summed E-state index contributed by atoms with van der Waals surface area (Å²) >= 11 is 1.18. The summed E-state index contributed by atoms with van der Waals surface area (Å²) in [6.07, 6.45) is 6.59. The lowest BCUT2D eigenvalue weighted by Crippen LogP contribution is -2.42. The summed E-state index contributed by atoms with van der Waals surface area (Å²) in [5, 5.41) is 0. The standard InChI is InChI=1S/C22H20FN3O3S2/c1-2-12-26-19-11-10-17(23)14-20(19)30-22(26)24-21(27)16-7-6-13-25(15-16)31(28,29)18-8-4-3-5-9-18/h1,3-5,8-11,14,16H,6-7,12-13,15H2. The topological polar surface area (TPSA) is 71.7 Å². The molecule has 1 saturated heterocycles. The van der Waals surface area contributed by atoms with Crippen LogP contribution in [0.15, 0.2) is 58.4 Å². The highest BCUT2D eigenvalue weighted by Gasteiger charge is 2.33. The van der Waals surface area contributed by atoms with Crippen molar-refractivity contribution in [1.82, 2.24) is 8.87 Å². The predicted octanol–water partition coefficient (Wildman–Crippen LogP) is 3.00. The highest BCUT2D eigenvalue weighted by Crippen LogP contribution is 2.25. The Morgan fingerprint density at radius 1 is 1.26 bits per heavy atom. The zero-order valence-electron chi connectivity index (χ0n) is 16.6. The van der Waals surface area contributed by atoms with Gasteiger partial charge in [-0.1, -0.05) is 35.5 Å². The maximum atomic E-state index is 13.6. The third-order valence-electron chi connectivity index (χ3n) is 5.21. The number of benzene rings is 2. The SMILES string of the molecule is C#CCn1c(=NC(=O)C2CCCN(S(=O)(=O)c3ccccc3)C2)sc2cc(F)ccc21. The molecule has 0 N–H and O–H groups in total. The first-order chi connectivity index (χ1) is 14.9. The summed E-state index contributed by atoms with van der Waals surface area (Å²) < 4.78 is 43.1. The van der Waals surface area contributed by atoms with Crippen LogP contribution in [0.25, 0.3) is 10.2 Å². The number of aromatic nitrogens is 1. The lowest BCUT2D eigenvalue weighted by atomic mass is 9.99. The number of carbonyl (C=O) groups excluding carboxylic acids is 1. The second-order valence-corrected chi connectivity index (χ2v) is 10.2. The summed E-state index contributed by atoms with van der Waals surface area (Å²) in [6, 6.07) is 12.5. The predicted molar refractivity (Wildman–Crippen MR) is 117 cm³/mol. The van der Waals surface area contributed by atoms with Crippen molar-refractivity contribution in [3.8, 4) is 12.3 Å². The minimum Gasteiger partial charge on any atom is -0.305 e. The molecule has 1 amide bonds. The summed E-state index contributed by atoms with van der Waals surface area (Å²) in [7, 11) is -3.67. The Labute approximate surface area is 183 Å². The van der Waals surface area contributed by atoms with Gasteiger partial charge in [0, 0.05) is 13.1 Å². The van der Waals surface area contributed by atoms with Crippen LogP contribution in [0.5, 0.6) is 0 Å². The number of sulfonamides is 1. The van der Waals surface area contributed by atoms with E-state index in [1.807, 2.05) is 0 Å². The van der Waals surface area contributed by atoms with Crippen LogP contribution in [0, 0.1) is 24.1 Å². The van der Waals surface area contributed by atoms with Crippen molar-refractivity contribution in [2.24, 2.45) is 10.9 Å². The van der Waals surface area contributed by atoms with E-state index in [9.17, 15) is 17.6 Å². The van der Waals surface area contributed by atoms with Gasteiger partial charge in [-0.25, -0.2) is 12.8 Å². The fourth-order valence-corrected chi connectivity index (χ4v) is 6.27. The number of halogens is 1. The van der Waals surface area contributed by atoms with Gasteiger partial charge in [0.1, 0.15) is 5.82 Å². The molecule has 0 saturated carbocycles. The fraction of sp³-hybridized carbons (Fsp3) is 0.273. The lowest BCUT2D eigenvalue weighted by molar-refractivity contribution is -0.122. The van der Waals surface area contributed by atoms with Gasteiger partial charge >= 0.3 is 0 Å². The average molecular weight is 458 g/mol. The molecule has 2 heterocycles. The molecule has 1 aliphatic heterocycles. The van der Waals surface area contributed by atoms with Crippen molar-refractivity contribution in [2.45, 2.75) is 24.3 Å². The van der Waals surface area contributed by atoms with Crippen molar-refractivity contribution in [1.29, 1.82) is 0 Å². The molecule has 31 heavy (non-hydrogen) atoms. The Balaban J connectivity index is 1.64. The van der Waals surface area contributed by atoms with Gasteiger partial charge in [0.15, 0.2) is 4.80 Å². The Kier molecular flexibility index (Phi) is 6.05. The molecule has 3 aromatic rings. The number of hydrogen-bond acceptors (Lipinski definition) is 4. The maximum Gasteiger partial charge on any atom is 0.252 e. The van der Waals surface area contributed by atoms with Crippen LogP contribution in [-0.4, -0.2) is 36.3 Å². The summed E-state index contributed by atoms with van der Waals surface area (Å²) in [5.74, 6) is 1.21. The molecule has 1 unspecified atom stereocenters. The molecule has 1 atom stereocenters. The van der Waals surface area contributed by atoms with Crippen LogP contribution in [0.1, 0.15) is 12.8 Å². The van der Waals surface area contributed by atoms with Crippen LogP contribution >= 0.6 is 11.3 Å². The number of terminal acetylenes is 1. The van der Waals surface area contributed by atoms with Gasteiger partial charge in [0.25, 0.3) is 5.91 Å². The van der Waals surface area contributed by atoms with Crippen molar-refractivity contribution in [2.75, 3.05) is 13.1 Å². The van der Waals surface area contributed by atoms with Crippen LogP contribution in [0.4, 0.5) is 4.39 Å². The van der Waals surface area contributed by atoms with Gasteiger partial charge in [-0.2, -0.15) is 9.30 Å². The number of thiazole rings is 1. The van der Waals surface area contributed by atoms with Crippen LogP contribution in [0.3, 0.4) is 0 Å². The van der Waals surface area contributed by atoms with Crippen LogP contribution in [0.2, 0.25) is 0 Å². The zero-order chi connectivity index (χ0) is 22.0. The first-order valence-corrected chi connectivity index (χ1v) is 12.0. The minimum atomic E-state index is -3.67. The second-order valence-electron chi connectivity index (χ2n) is 7.25. The quantitative estimate of drug-likeness (QED) is 0.566. The molecule has 0 radical (unpaired) electrons. The number of amides is 1. The summed E-state index contributed by atoms with van der Waals surface area (Å²) in [4.78, 5) is 17.8. The molecule has 0 bridgehead atoms. The minimum absolute atomic E-state index is 0.0776. The second kappa shape index (κ2) is 8.75. The third-order valence-corrected chi connectivity index (χ3v) is 8.13. The van der Waals surface area contributed by atoms with E-state index >= 15 is 0 Å². The monoisotopic (exact) mass is 457 g/mol. The Bertz CT molecular complexity index is 1340. The van der Waals surface area contributed by atoms with Gasteiger partial charge in [-0.15, -0.1) is 6.42 Å². The molecule has 0 spiro atoms. The van der Waals surface area contributed by atoms with Crippen molar-refractivity contribution in [3.05, 3.63) is 59.1 Å². The lowest BCUT2D eigenvalue weighted by Gasteiger charge is -2.30. The van der Waals surface area contributed by atoms with Gasteiger partial charge in [-0.3, -0.25) is 4.79 Å². The number of fused-ring (bicyclic) bond motifs is 1. The molecular formula is C22H20FN3O3S2. The molecule has 1 aromatic heterocycles. The smallest absolute Gasteiger partial charge is 0.252 e. The van der Waals surface area contributed by atoms with E-state index in [4.69, 9.17) is 6.42 Å². The summed E-state index contributed by atoms with van der Waals surface area (Å²) in [5.41, 5.74) is 0.702. The first kappa shape index (κ1) is 21.4. The molecular weight excluding hydrogens is 437 g/mol. The van der Waals surface area contributed by atoms with Crippen LogP contribution in [-0.2, 0) is 21.4 Å². The maximum absolute atomic E-state index is 13.6. The first-order valence-electron chi connectivity index (χ1n) is 9.76. The van der Waals surface area contributed by atoms with E-state index < -0.39 is 21.8 Å². The van der Waals surface area contributed by atoms with E-state index in [0.29, 0.717) is 34.4 Å². The van der Waals surface area contributed by atoms with Gasteiger partial charge in [0.2, 0.25) is 10.0 Å². The third kappa shape index (κ3) is 4.32. The number of hydrogen-bond donors (Lipinski definition) is 0. The van der Waals surface area contributed by atoms with E-state index in [-0.39, 0.29) is 23.8 Å². The Morgan fingerprint density at radius 2 is 2.03 bits per heavy atom. The number of piperidine rings is 1. The normalized spacial score (nSPS) is 18.2. The zero-order valence-corrected chi connectivity index (χ0v) is 18.2. The van der Waals surface area contributed by atoms with E-state index in [0.717, 1.165) is 0 Å². The van der Waals surface area contributed by atoms with Gasteiger partial charge in [-0.05, 0) is 43.2 Å². The molecule has 2 aromatic carbocycles. The van der Waals surface area contributed by atoms with Crippen molar-refractivity contribution >= 4 is 37.5 Å². The number of carbonyl (C=O) groups is 1. The van der Waals surface area contributed by atoms with Gasteiger partial charge < -0.3 is 4.57 Å². The Morgan fingerprint density at radius 3 is 2.77 bits per heavy atom. The Hall–Kier alpha value is -2.80. The van der Waals surface area contributed by atoms with E-state index in [1.54, 1.807) is 41.0 Å². The highest BCUT2D eigenvalue weighted by molar-refractivity contribution is 7.89. The molecule has 160 valence electrons. The average Bonchev–Trinajstić information content (AvgIpc) is 3.10. The molecule has 1 fully saturated rings. The van der Waals surface area contributed by atoms with E-state index in [1.165, 1.54) is 27.8 Å². The van der Waals surface area contributed by atoms with Gasteiger partial charge in [0.05, 0.1) is 27.6 Å². The van der Waals surface area contributed by atoms with Crippen molar-refractivity contribution < 1.29 is 17.6 Å². The molecule has 6 nitrogen and oxygen atoms in total. The number of nitrogens with zero attached hydrogens (tertiary/aromatic N) is 3.